The summed E-state index contributed by atoms with van der Waals surface area (Å²) in [6.45, 7) is 0. The largest absolute Gasteiger partial charge is 0.424 e. The first-order chi connectivity index (χ1) is 8.19. The molecule has 3 nitrogen and oxygen atoms in total. The lowest BCUT2D eigenvalue weighted by molar-refractivity contribution is 0.440. The summed E-state index contributed by atoms with van der Waals surface area (Å²) in [5.74, 6) is 0.204. The van der Waals surface area contributed by atoms with Gasteiger partial charge < -0.3 is 4.74 Å². The molecule has 0 aliphatic heterocycles. The summed E-state index contributed by atoms with van der Waals surface area (Å²) < 4.78 is 18.2. The second kappa shape index (κ2) is 5.29. The maximum absolute atomic E-state index is 12.9. The highest BCUT2D eigenvalue weighted by Crippen LogP contribution is 2.24. The van der Waals surface area contributed by atoms with Crippen LogP contribution in [0.3, 0.4) is 0 Å². The van der Waals surface area contributed by atoms with Crippen LogP contribution in [0.25, 0.3) is 0 Å². The number of alkyl halides is 1. The number of hydrogen-bond donors (Lipinski definition) is 0. The molecule has 0 bridgehead atoms. The molecule has 1 heterocycles. The van der Waals surface area contributed by atoms with Crippen molar-refractivity contribution in [3.8, 4) is 11.8 Å². The lowest BCUT2D eigenvalue weighted by Gasteiger charge is -2.04. The molecule has 0 aliphatic carbocycles. The Morgan fingerprint density at radius 1 is 1.24 bits per heavy atom. The van der Waals surface area contributed by atoms with Gasteiger partial charge in [-0.3, -0.25) is 0 Å². The number of hydrogen-bond acceptors (Lipinski definition) is 3. The molecule has 0 atom stereocenters. The average molecular weight is 273 g/mol. The monoisotopic (exact) mass is 272 g/mol. The predicted octanol–water partition coefficient (Wildman–Crippen LogP) is 3.80. The molecule has 0 amide bonds. The van der Waals surface area contributed by atoms with E-state index in [1.165, 1.54) is 18.2 Å². The highest BCUT2D eigenvalue weighted by Gasteiger charge is 2.04. The summed E-state index contributed by atoms with van der Waals surface area (Å²) in [7, 11) is 0. The smallest absolute Gasteiger partial charge is 0.321 e. The van der Waals surface area contributed by atoms with Crippen molar-refractivity contribution in [2.75, 3.05) is 0 Å². The van der Waals surface area contributed by atoms with Gasteiger partial charge in [-0.15, -0.1) is 11.6 Å². The van der Waals surface area contributed by atoms with E-state index >= 15 is 0 Å². The Morgan fingerprint density at radius 3 is 2.53 bits per heavy atom. The fourth-order valence-corrected chi connectivity index (χ4v) is 1.42. The van der Waals surface area contributed by atoms with Crippen LogP contribution in [0.4, 0.5) is 4.39 Å². The molecular weight excluding hydrogens is 266 g/mol. The second-order valence-electron chi connectivity index (χ2n) is 3.19. The Morgan fingerprint density at radius 2 is 1.94 bits per heavy atom. The minimum atomic E-state index is -0.502. The van der Waals surface area contributed by atoms with Crippen molar-refractivity contribution in [1.82, 2.24) is 9.97 Å². The zero-order valence-electron chi connectivity index (χ0n) is 8.53. The molecule has 2 rings (SSSR count). The van der Waals surface area contributed by atoms with Crippen LogP contribution < -0.4 is 4.74 Å². The van der Waals surface area contributed by atoms with Gasteiger partial charge in [-0.1, -0.05) is 11.6 Å². The molecule has 0 unspecified atom stereocenters. The first-order valence-electron chi connectivity index (χ1n) is 4.69. The SMILES string of the molecule is Fc1ccc(Oc2ncc(CCl)cn2)cc1Cl. The standard InChI is InChI=1S/C11H7Cl2FN2O/c12-4-7-5-15-11(16-6-7)17-8-1-2-10(14)9(13)3-8/h1-3,5-6H,4H2. The molecule has 0 N–H and O–H groups in total. The Labute approximate surface area is 107 Å². The first-order valence-corrected chi connectivity index (χ1v) is 5.60. The normalized spacial score (nSPS) is 10.3. The van der Waals surface area contributed by atoms with Crippen LogP contribution in [-0.4, -0.2) is 9.97 Å². The second-order valence-corrected chi connectivity index (χ2v) is 3.86. The third-order valence-corrected chi connectivity index (χ3v) is 2.53. The predicted molar refractivity (Wildman–Crippen MR) is 63.1 cm³/mol. The molecule has 0 spiro atoms. The van der Waals surface area contributed by atoms with Gasteiger partial charge in [0.1, 0.15) is 11.6 Å². The van der Waals surface area contributed by atoms with Crippen LogP contribution in [-0.2, 0) is 5.88 Å². The van der Waals surface area contributed by atoms with E-state index in [0.717, 1.165) is 5.56 Å². The van der Waals surface area contributed by atoms with Gasteiger partial charge in [0, 0.05) is 24.0 Å². The first kappa shape index (κ1) is 12.1. The summed E-state index contributed by atoms with van der Waals surface area (Å²) in [6, 6.07) is 4.17. The molecule has 1 aromatic carbocycles. The third kappa shape index (κ3) is 3.05. The number of rotatable bonds is 3. The average Bonchev–Trinajstić information content (AvgIpc) is 2.35. The van der Waals surface area contributed by atoms with Gasteiger partial charge in [-0.05, 0) is 12.1 Å². The van der Waals surface area contributed by atoms with Gasteiger partial charge in [0.05, 0.1) is 10.9 Å². The van der Waals surface area contributed by atoms with Gasteiger partial charge in [-0.2, -0.15) is 0 Å². The number of ether oxygens (including phenoxy) is 1. The highest BCUT2D eigenvalue weighted by atomic mass is 35.5. The van der Waals surface area contributed by atoms with Crippen molar-refractivity contribution in [1.29, 1.82) is 0 Å². The van der Waals surface area contributed by atoms with E-state index in [4.69, 9.17) is 27.9 Å². The number of nitrogens with zero attached hydrogens (tertiary/aromatic N) is 2. The van der Waals surface area contributed by atoms with Gasteiger partial charge in [0.15, 0.2) is 0 Å². The van der Waals surface area contributed by atoms with E-state index in [2.05, 4.69) is 9.97 Å². The molecule has 2 aromatic rings. The van der Waals surface area contributed by atoms with Crippen molar-refractivity contribution in [2.45, 2.75) is 5.88 Å². The maximum atomic E-state index is 12.9. The van der Waals surface area contributed by atoms with Crippen LogP contribution in [0.2, 0.25) is 5.02 Å². The van der Waals surface area contributed by atoms with Gasteiger partial charge in [0.2, 0.25) is 0 Å². The summed E-state index contributed by atoms with van der Waals surface area (Å²) >= 11 is 11.2. The molecule has 1 aromatic heterocycles. The van der Waals surface area contributed by atoms with Gasteiger partial charge in [0.25, 0.3) is 0 Å². The van der Waals surface area contributed by atoms with Crippen molar-refractivity contribution in [3.63, 3.8) is 0 Å². The topological polar surface area (TPSA) is 35.0 Å². The van der Waals surface area contributed by atoms with Crippen molar-refractivity contribution >= 4 is 23.2 Å². The zero-order valence-corrected chi connectivity index (χ0v) is 10.0. The van der Waals surface area contributed by atoms with Crippen molar-refractivity contribution in [2.24, 2.45) is 0 Å². The van der Waals surface area contributed by atoms with E-state index in [9.17, 15) is 4.39 Å². The molecule has 88 valence electrons. The Bertz CT molecular complexity index is 519. The minimum absolute atomic E-state index is 0.0140. The van der Waals surface area contributed by atoms with Crippen molar-refractivity contribution in [3.05, 3.63) is 47.0 Å². The summed E-state index contributed by atoms with van der Waals surface area (Å²) in [5, 5.41) is -0.0140. The van der Waals surface area contributed by atoms with Gasteiger partial charge in [-0.25, -0.2) is 14.4 Å². The fourth-order valence-electron chi connectivity index (χ4n) is 1.11. The van der Waals surface area contributed by atoms with E-state index in [1.54, 1.807) is 12.4 Å². The number of aromatic nitrogens is 2. The lowest BCUT2D eigenvalue weighted by atomic mass is 10.3. The highest BCUT2D eigenvalue weighted by molar-refractivity contribution is 6.30. The molecule has 0 fully saturated rings. The maximum Gasteiger partial charge on any atom is 0.321 e. The summed E-state index contributed by atoms with van der Waals surface area (Å²) in [6.07, 6.45) is 3.11. The Kier molecular flexibility index (Phi) is 3.76. The fraction of sp³-hybridized carbons (Fsp3) is 0.0909. The Balaban J connectivity index is 2.16. The van der Waals surface area contributed by atoms with Crippen LogP contribution in [0.5, 0.6) is 11.8 Å². The molecule has 0 radical (unpaired) electrons. The van der Waals surface area contributed by atoms with Crippen molar-refractivity contribution < 1.29 is 9.13 Å². The van der Waals surface area contributed by atoms with E-state index in [-0.39, 0.29) is 11.0 Å². The van der Waals surface area contributed by atoms with Crippen LogP contribution in [0.15, 0.2) is 30.6 Å². The number of benzene rings is 1. The van der Waals surface area contributed by atoms with Crippen LogP contribution >= 0.6 is 23.2 Å². The zero-order chi connectivity index (χ0) is 12.3. The molecule has 6 heteroatoms. The quantitative estimate of drug-likeness (QED) is 0.798. The van der Waals surface area contributed by atoms with E-state index in [1.807, 2.05) is 0 Å². The van der Waals surface area contributed by atoms with Crippen LogP contribution in [0.1, 0.15) is 5.56 Å². The summed E-state index contributed by atoms with van der Waals surface area (Å²) in [5.41, 5.74) is 0.788. The Hall–Kier alpha value is -1.39. The van der Waals surface area contributed by atoms with Gasteiger partial charge >= 0.3 is 6.01 Å². The lowest BCUT2D eigenvalue weighted by Crippen LogP contribution is -1.93. The van der Waals surface area contributed by atoms with E-state index in [0.29, 0.717) is 11.6 Å². The van der Waals surface area contributed by atoms with Crippen LogP contribution in [0, 0.1) is 5.82 Å². The van der Waals surface area contributed by atoms with E-state index < -0.39 is 5.82 Å². The minimum Gasteiger partial charge on any atom is -0.424 e. The third-order valence-electron chi connectivity index (χ3n) is 1.94. The molecule has 0 aliphatic rings. The number of halogens is 3. The molecule has 17 heavy (non-hydrogen) atoms. The summed E-state index contributed by atoms with van der Waals surface area (Å²) in [4.78, 5) is 7.88. The molecular formula is C11H7Cl2FN2O. The molecule has 0 saturated carbocycles. The molecule has 0 saturated heterocycles.